The molecule has 17 heavy (non-hydrogen) atoms. The number of methoxy groups -OCH3 is 1. The van der Waals surface area contributed by atoms with Crippen molar-refractivity contribution < 1.29 is 9.84 Å². The Morgan fingerprint density at radius 1 is 1.24 bits per heavy atom. The minimum Gasteiger partial charge on any atom is -0.497 e. The number of halogens is 1. The van der Waals surface area contributed by atoms with Crippen LogP contribution in [-0.2, 0) is 5.60 Å². The fourth-order valence-corrected chi connectivity index (χ4v) is 3.01. The Kier molecular flexibility index (Phi) is 3.43. The van der Waals surface area contributed by atoms with Crippen LogP contribution in [0.5, 0.6) is 5.75 Å². The number of aliphatic hydroxyl groups is 1. The molecule has 2 rings (SSSR count). The molecule has 0 bridgehead atoms. The van der Waals surface area contributed by atoms with E-state index in [0.717, 1.165) is 16.2 Å². The van der Waals surface area contributed by atoms with Crippen molar-refractivity contribution in [1.82, 2.24) is 0 Å². The van der Waals surface area contributed by atoms with Crippen LogP contribution in [0.2, 0.25) is 5.02 Å². The second-order valence-electron chi connectivity index (χ2n) is 3.90. The van der Waals surface area contributed by atoms with E-state index in [1.54, 1.807) is 20.1 Å². The molecule has 1 atom stereocenters. The summed E-state index contributed by atoms with van der Waals surface area (Å²) in [6.45, 7) is 1.74. The molecule has 0 saturated heterocycles. The van der Waals surface area contributed by atoms with Crippen molar-refractivity contribution in [1.29, 1.82) is 0 Å². The first-order valence-electron chi connectivity index (χ1n) is 5.16. The van der Waals surface area contributed by atoms with Gasteiger partial charge in [-0.3, -0.25) is 0 Å². The lowest BCUT2D eigenvalue weighted by molar-refractivity contribution is 0.106. The molecule has 0 spiro atoms. The Labute approximate surface area is 109 Å². The summed E-state index contributed by atoms with van der Waals surface area (Å²) < 4.78 is 5.09. The van der Waals surface area contributed by atoms with Crippen LogP contribution in [0.1, 0.15) is 17.4 Å². The van der Waals surface area contributed by atoms with Gasteiger partial charge in [-0.05, 0) is 36.1 Å². The number of hydrogen-bond donors (Lipinski definition) is 1. The highest BCUT2D eigenvalue weighted by atomic mass is 35.5. The molecule has 2 aromatic rings. The summed E-state index contributed by atoms with van der Waals surface area (Å²) in [6.07, 6.45) is 0. The van der Waals surface area contributed by atoms with Gasteiger partial charge in [-0.15, -0.1) is 11.3 Å². The third-order valence-electron chi connectivity index (χ3n) is 2.71. The third kappa shape index (κ3) is 2.32. The van der Waals surface area contributed by atoms with Crippen molar-refractivity contribution in [3.05, 3.63) is 51.2 Å². The van der Waals surface area contributed by atoms with Crippen LogP contribution in [0.15, 0.2) is 35.7 Å². The molecular formula is C13H13ClO2S. The van der Waals surface area contributed by atoms with Crippen molar-refractivity contribution in [3.63, 3.8) is 0 Å². The van der Waals surface area contributed by atoms with Crippen molar-refractivity contribution in [2.75, 3.05) is 7.11 Å². The first-order valence-corrected chi connectivity index (χ1v) is 6.42. The van der Waals surface area contributed by atoms with Gasteiger partial charge in [0, 0.05) is 0 Å². The Bertz CT molecular complexity index is 502. The molecule has 0 aliphatic rings. The number of ether oxygens (including phenoxy) is 1. The first-order chi connectivity index (χ1) is 8.05. The number of rotatable bonds is 3. The Hall–Kier alpha value is -1.03. The smallest absolute Gasteiger partial charge is 0.122 e. The predicted octanol–water partition coefficient (Wildman–Crippen LogP) is 3.67. The van der Waals surface area contributed by atoms with Gasteiger partial charge in [-0.2, -0.15) is 0 Å². The van der Waals surface area contributed by atoms with Crippen molar-refractivity contribution >= 4 is 22.9 Å². The van der Waals surface area contributed by atoms with E-state index < -0.39 is 5.60 Å². The van der Waals surface area contributed by atoms with E-state index in [1.807, 2.05) is 29.6 Å². The van der Waals surface area contributed by atoms with Gasteiger partial charge in [-0.1, -0.05) is 23.7 Å². The van der Waals surface area contributed by atoms with E-state index in [2.05, 4.69) is 0 Å². The standard InChI is InChI=1S/C13H13ClO2S/c1-13(15,12-11(14)7-8-17-12)9-3-5-10(16-2)6-4-9/h3-8,15H,1-2H3. The van der Waals surface area contributed by atoms with Gasteiger partial charge >= 0.3 is 0 Å². The molecule has 1 unspecified atom stereocenters. The zero-order valence-corrected chi connectivity index (χ0v) is 11.2. The molecular weight excluding hydrogens is 256 g/mol. The summed E-state index contributed by atoms with van der Waals surface area (Å²) in [6, 6.07) is 9.12. The maximum Gasteiger partial charge on any atom is 0.122 e. The van der Waals surface area contributed by atoms with E-state index in [0.29, 0.717) is 5.02 Å². The van der Waals surface area contributed by atoms with Crippen molar-refractivity contribution in [2.24, 2.45) is 0 Å². The quantitative estimate of drug-likeness (QED) is 0.920. The highest BCUT2D eigenvalue weighted by Gasteiger charge is 2.29. The van der Waals surface area contributed by atoms with Crippen LogP contribution in [0.3, 0.4) is 0 Å². The van der Waals surface area contributed by atoms with Gasteiger partial charge in [0.1, 0.15) is 11.4 Å². The van der Waals surface area contributed by atoms with Gasteiger partial charge in [0.05, 0.1) is 17.0 Å². The summed E-state index contributed by atoms with van der Waals surface area (Å²) >= 11 is 7.51. The fourth-order valence-electron chi connectivity index (χ4n) is 1.69. The van der Waals surface area contributed by atoms with E-state index >= 15 is 0 Å². The van der Waals surface area contributed by atoms with Crippen molar-refractivity contribution in [2.45, 2.75) is 12.5 Å². The van der Waals surface area contributed by atoms with Gasteiger partial charge in [0.2, 0.25) is 0 Å². The van der Waals surface area contributed by atoms with Crippen LogP contribution in [-0.4, -0.2) is 12.2 Å². The van der Waals surface area contributed by atoms with E-state index in [1.165, 1.54) is 11.3 Å². The normalized spacial score (nSPS) is 14.4. The third-order valence-corrected chi connectivity index (χ3v) is 4.26. The molecule has 90 valence electrons. The summed E-state index contributed by atoms with van der Waals surface area (Å²) in [5.74, 6) is 0.766. The van der Waals surface area contributed by atoms with Crippen LogP contribution < -0.4 is 4.74 Å². The monoisotopic (exact) mass is 268 g/mol. The zero-order chi connectivity index (χ0) is 12.5. The molecule has 0 aliphatic carbocycles. The zero-order valence-electron chi connectivity index (χ0n) is 9.61. The topological polar surface area (TPSA) is 29.5 Å². The lowest BCUT2D eigenvalue weighted by Gasteiger charge is -2.23. The Morgan fingerprint density at radius 3 is 2.35 bits per heavy atom. The van der Waals surface area contributed by atoms with E-state index in [4.69, 9.17) is 16.3 Å². The average molecular weight is 269 g/mol. The lowest BCUT2D eigenvalue weighted by Crippen LogP contribution is -2.21. The van der Waals surface area contributed by atoms with Crippen molar-refractivity contribution in [3.8, 4) is 5.75 Å². The molecule has 1 N–H and O–H groups in total. The maximum atomic E-state index is 10.6. The van der Waals surface area contributed by atoms with Crippen LogP contribution in [0.25, 0.3) is 0 Å². The molecule has 0 fully saturated rings. The van der Waals surface area contributed by atoms with E-state index in [9.17, 15) is 5.11 Å². The molecule has 1 aromatic carbocycles. The molecule has 0 radical (unpaired) electrons. The Morgan fingerprint density at radius 2 is 1.88 bits per heavy atom. The first kappa shape index (κ1) is 12.4. The molecule has 4 heteroatoms. The summed E-state index contributed by atoms with van der Waals surface area (Å²) in [4.78, 5) is 0.754. The SMILES string of the molecule is COc1ccc(C(C)(O)c2sccc2Cl)cc1. The summed E-state index contributed by atoms with van der Waals surface area (Å²) in [7, 11) is 1.61. The highest BCUT2D eigenvalue weighted by molar-refractivity contribution is 7.10. The molecule has 2 nitrogen and oxygen atoms in total. The van der Waals surface area contributed by atoms with E-state index in [-0.39, 0.29) is 0 Å². The average Bonchev–Trinajstić information content (AvgIpc) is 2.76. The number of thiophene rings is 1. The highest BCUT2D eigenvalue weighted by Crippen LogP contribution is 2.37. The molecule has 0 saturated carbocycles. The molecule has 1 heterocycles. The Balaban J connectivity index is 2.40. The maximum absolute atomic E-state index is 10.6. The molecule has 0 amide bonds. The van der Waals surface area contributed by atoms with Crippen LogP contribution >= 0.6 is 22.9 Å². The summed E-state index contributed by atoms with van der Waals surface area (Å²) in [5.41, 5.74) is -0.278. The van der Waals surface area contributed by atoms with Crippen LogP contribution in [0, 0.1) is 0 Å². The van der Waals surface area contributed by atoms with Gasteiger partial charge in [0.15, 0.2) is 0 Å². The minimum absolute atomic E-state index is 0.593. The minimum atomic E-state index is -1.07. The lowest BCUT2D eigenvalue weighted by atomic mass is 9.94. The van der Waals surface area contributed by atoms with Gasteiger partial charge in [0.25, 0.3) is 0 Å². The fraction of sp³-hybridized carbons (Fsp3) is 0.231. The predicted molar refractivity (Wildman–Crippen MR) is 71.0 cm³/mol. The molecule has 1 aromatic heterocycles. The number of benzene rings is 1. The second-order valence-corrected chi connectivity index (χ2v) is 5.22. The molecule has 0 aliphatic heterocycles. The number of hydrogen-bond acceptors (Lipinski definition) is 3. The summed E-state index contributed by atoms with van der Waals surface area (Å²) in [5, 5.41) is 13.0. The van der Waals surface area contributed by atoms with Gasteiger partial charge in [-0.25, -0.2) is 0 Å². The second kappa shape index (κ2) is 4.69. The van der Waals surface area contributed by atoms with Crippen LogP contribution in [0.4, 0.5) is 0 Å². The van der Waals surface area contributed by atoms with Gasteiger partial charge < -0.3 is 9.84 Å². The largest absolute Gasteiger partial charge is 0.497 e.